The lowest BCUT2D eigenvalue weighted by Crippen LogP contribution is -2.35. The van der Waals surface area contributed by atoms with Gasteiger partial charge in [-0.05, 0) is 46.2 Å². The first-order valence-electron chi connectivity index (χ1n) is 9.34. The van der Waals surface area contributed by atoms with Gasteiger partial charge in [0.1, 0.15) is 0 Å². The lowest BCUT2D eigenvalue weighted by Gasteiger charge is -2.30. The molecular weight excluding hydrogens is 345 g/mol. The average molecular weight is 374 g/mol. The fraction of sp³-hybridized carbons (Fsp3) is 0.778. The Bertz CT molecular complexity index is 621. The highest BCUT2D eigenvalue weighted by atomic mass is 19.4. The number of alkyl halides is 3. The number of halogens is 3. The molecule has 0 saturated carbocycles. The molecule has 1 unspecified atom stereocenters. The van der Waals surface area contributed by atoms with E-state index in [1.165, 1.54) is 9.58 Å². The maximum Gasteiger partial charge on any atom is 0.435 e. The van der Waals surface area contributed by atoms with Crippen molar-refractivity contribution in [3.63, 3.8) is 0 Å². The van der Waals surface area contributed by atoms with Gasteiger partial charge < -0.3 is 9.80 Å². The zero-order chi connectivity index (χ0) is 19.5. The molecule has 1 amide bonds. The molecule has 0 N–H and O–H groups in total. The predicted octanol–water partition coefficient (Wildman–Crippen LogP) is 3.74. The van der Waals surface area contributed by atoms with Crippen molar-refractivity contribution in [3.05, 3.63) is 17.0 Å². The Labute approximate surface area is 153 Å². The summed E-state index contributed by atoms with van der Waals surface area (Å²) in [5, 5.41) is 3.88. The number of likely N-dealkylation sites (N-methyl/N-ethyl adjacent to an activating group) is 1. The molecule has 2 heterocycles. The van der Waals surface area contributed by atoms with E-state index >= 15 is 0 Å². The van der Waals surface area contributed by atoms with Crippen molar-refractivity contribution in [1.29, 1.82) is 0 Å². The summed E-state index contributed by atoms with van der Waals surface area (Å²) < 4.78 is 42.3. The van der Waals surface area contributed by atoms with Gasteiger partial charge in [-0.25, -0.2) is 0 Å². The number of piperidine rings is 1. The Kier molecular flexibility index (Phi) is 6.71. The fourth-order valence-corrected chi connectivity index (χ4v) is 3.68. The molecular formula is C18H29F3N4O. The molecule has 1 aliphatic rings. The molecule has 0 bridgehead atoms. The van der Waals surface area contributed by atoms with E-state index in [9.17, 15) is 18.0 Å². The van der Waals surface area contributed by atoms with E-state index in [-0.39, 0.29) is 11.6 Å². The predicted molar refractivity (Wildman–Crippen MR) is 94.2 cm³/mol. The molecule has 8 heteroatoms. The molecule has 1 saturated heterocycles. The number of rotatable bonds is 6. The third-order valence-corrected chi connectivity index (χ3v) is 4.85. The first-order valence-corrected chi connectivity index (χ1v) is 9.34. The van der Waals surface area contributed by atoms with E-state index in [4.69, 9.17) is 0 Å². The molecule has 0 aromatic carbocycles. The van der Waals surface area contributed by atoms with Crippen molar-refractivity contribution in [3.8, 4) is 0 Å². The third-order valence-electron chi connectivity index (χ3n) is 4.85. The van der Waals surface area contributed by atoms with E-state index in [0.29, 0.717) is 38.2 Å². The normalized spacial score (nSPS) is 19.0. The molecule has 5 nitrogen and oxygen atoms in total. The maximum absolute atomic E-state index is 13.6. The van der Waals surface area contributed by atoms with E-state index in [0.717, 1.165) is 19.4 Å². The first-order chi connectivity index (χ1) is 12.2. The molecule has 2 rings (SSSR count). The molecule has 1 aliphatic heterocycles. The van der Waals surface area contributed by atoms with Crippen LogP contribution >= 0.6 is 0 Å². The van der Waals surface area contributed by atoms with Gasteiger partial charge in [0, 0.05) is 25.3 Å². The maximum atomic E-state index is 13.6. The van der Waals surface area contributed by atoms with E-state index in [2.05, 4.69) is 10.00 Å². The van der Waals surface area contributed by atoms with Crippen molar-refractivity contribution in [2.24, 2.45) is 0 Å². The van der Waals surface area contributed by atoms with Crippen LogP contribution in [0.25, 0.3) is 0 Å². The molecule has 0 spiro atoms. The summed E-state index contributed by atoms with van der Waals surface area (Å²) >= 11 is 0. The van der Waals surface area contributed by atoms with E-state index in [1.807, 2.05) is 20.9 Å². The largest absolute Gasteiger partial charge is 0.435 e. The van der Waals surface area contributed by atoms with E-state index in [1.54, 1.807) is 6.92 Å². The average Bonchev–Trinajstić information content (AvgIpc) is 2.91. The highest BCUT2D eigenvalue weighted by Crippen LogP contribution is 2.35. The summed E-state index contributed by atoms with van der Waals surface area (Å²) in [6.07, 6.45) is -1.57. The van der Waals surface area contributed by atoms with Crippen LogP contribution in [0.1, 0.15) is 67.3 Å². The van der Waals surface area contributed by atoms with Crippen LogP contribution in [0.2, 0.25) is 0 Å². The quantitative estimate of drug-likeness (QED) is 0.762. The Balaban J connectivity index is 2.47. The molecule has 1 atom stereocenters. The third kappa shape index (κ3) is 4.39. The van der Waals surface area contributed by atoms with Crippen molar-refractivity contribution in [2.45, 2.75) is 58.7 Å². The van der Waals surface area contributed by atoms with Crippen LogP contribution in [0.5, 0.6) is 0 Å². The number of amides is 1. The lowest BCUT2D eigenvalue weighted by atomic mass is 10.1. The number of aromatic nitrogens is 2. The molecule has 0 radical (unpaired) electrons. The monoisotopic (exact) mass is 374 g/mol. The molecule has 148 valence electrons. The SMILES string of the molecule is CCCN(CCC)C(=O)c1c(C(F)(F)F)nn(C2CCCN(C)C2)c1C. The van der Waals surface area contributed by atoms with E-state index < -0.39 is 17.8 Å². The second-order valence-corrected chi connectivity index (χ2v) is 7.10. The van der Waals surface area contributed by atoms with Crippen LogP contribution in [0, 0.1) is 6.92 Å². The van der Waals surface area contributed by atoms with Crippen molar-refractivity contribution >= 4 is 5.91 Å². The first kappa shape index (κ1) is 20.7. The number of hydrogen-bond acceptors (Lipinski definition) is 3. The minimum absolute atomic E-state index is 0.137. The number of carbonyl (C=O) groups is 1. The van der Waals surface area contributed by atoms with Crippen LogP contribution < -0.4 is 0 Å². The number of hydrogen-bond donors (Lipinski definition) is 0. The second-order valence-electron chi connectivity index (χ2n) is 7.10. The summed E-state index contributed by atoms with van der Waals surface area (Å²) in [5.74, 6) is -0.561. The summed E-state index contributed by atoms with van der Waals surface area (Å²) in [6, 6.07) is -0.137. The van der Waals surface area contributed by atoms with Crippen LogP contribution in [-0.2, 0) is 6.18 Å². The van der Waals surface area contributed by atoms with Crippen molar-refractivity contribution in [1.82, 2.24) is 19.6 Å². The van der Waals surface area contributed by atoms with Gasteiger partial charge >= 0.3 is 6.18 Å². The summed E-state index contributed by atoms with van der Waals surface area (Å²) in [6.45, 7) is 7.86. The Morgan fingerprint density at radius 1 is 1.27 bits per heavy atom. The van der Waals surface area contributed by atoms with Crippen molar-refractivity contribution < 1.29 is 18.0 Å². The minimum atomic E-state index is -4.65. The highest BCUT2D eigenvalue weighted by Gasteiger charge is 2.42. The van der Waals surface area contributed by atoms with Gasteiger partial charge in [-0.2, -0.15) is 18.3 Å². The molecule has 1 aromatic heterocycles. The van der Waals surface area contributed by atoms with Gasteiger partial charge in [0.25, 0.3) is 5.91 Å². The van der Waals surface area contributed by atoms with Gasteiger partial charge in [0.15, 0.2) is 5.69 Å². The molecule has 0 aliphatic carbocycles. The summed E-state index contributed by atoms with van der Waals surface area (Å²) in [4.78, 5) is 16.5. The smallest absolute Gasteiger partial charge is 0.339 e. The fourth-order valence-electron chi connectivity index (χ4n) is 3.68. The number of likely N-dealkylation sites (tertiary alicyclic amines) is 1. The highest BCUT2D eigenvalue weighted by molar-refractivity contribution is 5.96. The van der Waals surface area contributed by atoms with Crippen molar-refractivity contribution in [2.75, 3.05) is 33.2 Å². The number of nitrogens with zero attached hydrogens (tertiary/aromatic N) is 4. The van der Waals surface area contributed by atoms with Gasteiger partial charge in [-0.15, -0.1) is 0 Å². The molecule has 1 fully saturated rings. The zero-order valence-electron chi connectivity index (χ0n) is 16.1. The van der Waals surface area contributed by atoms with Gasteiger partial charge in [-0.1, -0.05) is 13.8 Å². The molecule has 26 heavy (non-hydrogen) atoms. The van der Waals surface area contributed by atoms with Crippen LogP contribution in [0.15, 0.2) is 0 Å². The topological polar surface area (TPSA) is 41.4 Å². The van der Waals surface area contributed by atoms with Crippen LogP contribution in [0.4, 0.5) is 13.2 Å². The Morgan fingerprint density at radius 2 is 1.88 bits per heavy atom. The Hall–Kier alpha value is -1.57. The summed E-state index contributed by atoms with van der Waals surface area (Å²) in [7, 11) is 1.95. The number of carbonyl (C=O) groups excluding carboxylic acids is 1. The standard InChI is InChI=1S/C18H29F3N4O/c1-5-9-24(10-6-2)17(26)15-13(3)25(22-16(15)18(19,20)21)14-8-7-11-23(4)12-14/h14H,5-12H2,1-4H3. The second kappa shape index (κ2) is 8.41. The van der Waals surface area contributed by atoms with Gasteiger partial charge in [0.05, 0.1) is 11.6 Å². The van der Waals surface area contributed by atoms with Crippen LogP contribution in [0.3, 0.4) is 0 Å². The summed E-state index contributed by atoms with van der Waals surface area (Å²) in [5.41, 5.74) is -1.02. The minimum Gasteiger partial charge on any atom is -0.339 e. The van der Waals surface area contributed by atoms with Gasteiger partial charge in [-0.3, -0.25) is 9.48 Å². The van der Waals surface area contributed by atoms with Gasteiger partial charge in [0.2, 0.25) is 0 Å². The zero-order valence-corrected chi connectivity index (χ0v) is 16.1. The lowest BCUT2D eigenvalue weighted by molar-refractivity contribution is -0.142. The molecule has 1 aromatic rings. The Morgan fingerprint density at radius 3 is 2.38 bits per heavy atom. The van der Waals surface area contributed by atoms with Crippen LogP contribution in [-0.4, -0.2) is 58.7 Å².